The van der Waals surface area contributed by atoms with Gasteiger partial charge in [-0.05, 0) is 25.7 Å². The molecule has 60 valence electrons. The molecular weight excluding hydrogens is 132 g/mol. The smallest absolute Gasteiger partial charge is 0.00341 e. The van der Waals surface area contributed by atoms with Gasteiger partial charge in [0, 0.05) is 5.92 Å². The lowest BCUT2D eigenvalue weighted by Crippen LogP contribution is -2.14. The van der Waals surface area contributed by atoms with E-state index in [9.17, 15) is 0 Å². The lowest BCUT2D eigenvalue weighted by molar-refractivity contribution is 0.474. The highest BCUT2D eigenvalue weighted by Gasteiger charge is 2.19. The first-order valence-corrected chi connectivity index (χ1v) is 4.21. The van der Waals surface area contributed by atoms with Crippen molar-refractivity contribution in [3.05, 3.63) is 37.0 Å². The SMILES string of the molecule is C=CC1CCC=C(C)C1C=C. The van der Waals surface area contributed by atoms with E-state index >= 15 is 0 Å². The molecule has 0 saturated heterocycles. The van der Waals surface area contributed by atoms with Crippen LogP contribution in [0.5, 0.6) is 0 Å². The highest BCUT2D eigenvalue weighted by atomic mass is 14.2. The first-order valence-electron chi connectivity index (χ1n) is 4.21. The molecule has 0 spiro atoms. The van der Waals surface area contributed by atoms with Crippen molar-refractivity contribution in [1.29, 1.82) is 0 Å². The van der Waals surface area contributed by atoms with Gasteiger partial charge < -0.3 is 0 Å². The summed E-state index contributed by atoms with van der Waals surface area (Å²) in [7, 11) is 0. The molecule has 2 atom stereocenters. The van der Waals surface area contributed by atoms with Crippen LogP contribution < -0.4 is 0 Å². The van der Waals surface area contributed by atoms with E-state index in [1.165, 1.54) is 18.4 Å². The lowest BCUT2D eigenvalue weighted by atomic mass is 9.79. The second-order valence-corrected chi connectivity index (χ2v) is 3.19. The molecule has 0 radical (unpaired) electrons. The summed E-state index contributed by atoms with van der Waals surface area (Å²) in [5.74, 6) is 1.17. The zero-order chi connectivity index (χ0) is 8.27. The normalized spacial score (nSPS) is 30.8. The standard InChI is InChI=1S/C11H16/c1-4-10-8-6-7-9(3)11(10)5-2/h4-5,7,10-11H,1-2,6,8H2,3H3. The Morgan fingerprint density at radius 1 is 1.45 bits per heavy atom. The number of hydrogen-bond acceptors (Lipinski definition) is 0. The zero-order valence-corrected chi connectivity index (χ0v) is 7.22. The van der Waals surface area contributed by atoms with Crippen LogP contribution in [-0.4, -0.2) is 0 Å². The van der Waals surface area contributed by atoms with Crippen molar-refractivity contribution in [3.8, 4) is 0 Å². The van der Waals surface area contributed by atoms with E-state index in [0.717, 1.165) is 0 Å². The Morgan fingerprint density at radius 3 is 2.64 bits per heavy atom. The van der Waals surface area contributed by atoms with Crippen molar-refractivity contribution in [2.75, 3.05) is 0 Å². The van der Waals surface area contributed by atoms with Crippen LogP contribution in [0.15, 0.2) is 37.0 Å². The molecule has 0 amide bonds. The summed E-state index contributed by atoms with van der Waals surface area (Å²) in [6.07, 6.45) is 8.84. The van der Waals surface area contributed by atoms with E-state index in [1.54, 1.807) is 0 Å². The molecule has 0 aromatic rings. The van der Waals surface area contributed by atoms with Crippen LogP contribution in [0, 0.1) is 11.8 Å². The minimum atomic E-state index is 0.543. The minimum absolute atomic E-state index is 0.543. The topological polar surface area (TPSA) is 0 Å². The van der Waals surface area contributed by atoms with Gasteiger partial charge in [-0.25, -0.2) is 0 Å². The second kappa shape index (κ2) is 3.56. The van der Waals surface area contributed by atoms with E-state index in [1.807, 2.05) is 6.08 Å². The van der Waals surface area contributed by atoms with Gasteiger partial charge in [-0.1, -0.05) is 23.8 Å². The van der Waals surface area contributed by atoms with Gasteiger partial charge in [-0.15, -0.1) is 13.2 Å². The van der Waals surface area contributed by atoms with Gasteiger partial charge in [0.05, 0.1) is 0 Å². The molecular formula is C11H16. The molecule has 0 aromatic heterocycles. The van der Waals surface area contributed by atoms with Crippen molar-refractivity contribution in [1.82, 2.24) is 0 Å². The predicted octanol–water partition coefficient (Wildman–Crippen LogP) is 3.33. The highest BCUT2D eigenvalue weighted by Crippen LogP contribution is 2.31. The van der Waals surface area contributed by atoms with E-state index < -0.39 is 0 Å². The third kappa shape index (κ3) is 1.62. The Hall–Kier alpha value is -0.780. The molecule has 0 nitrogen and oxygen atoms in total. The fourth-order valence-corrected chi connectivity index (χ4v) is 1.78. The van der Waals surface area contributed by atoms with Crippen LogP contribution in [0.3, 0.4) is 0 Å². The van der Waals surface area contributed by atoms with Gasteiger partial charge in [0.1, 0.15) is 0 Å². The first kappa shape index (κ1) is 8.32. The van der Waals surface area contributed by atoms with Crippen LogP contribution in [-0.2, 0) is 0 Å². The Kier molecular flexibility index (Phi) is 2.70. The van der Waals surface area contributed by atoms with Gasteiger partial charge in [-0.3, -0.25) is 0 Å². The van der Waals surface area contributed by atoms with E-state index in [0.29, 0.717) is 11.8 Å². The van der Waals surface area contributed by atoms with Crippen LogP contribution >= 0.6 is 0 Å². The summed E-state index contributed by atoms with van der Waals surface area (Å²) in [6.45, 7) is 9.87. The number of allylic oxidation sites excluding steroid dienone is 4. The molecule has 0 heterocycles. The van der Waals surface area contributed by atoms with Crippen molar-refractivity contribution in [2.24, 2.45) is 11.8 Å². The van der Waals surface area contributed by atoms with Crippen molar-refractivity contribution in [3.63, 3.8) is 0 Å². The van der Waals surface area contributed by atoms with Gasteiger partial charge >= 0.3 is 0 Å². The summed E-state index contributed by atoms with van der Waals surface area (Å²) in [6, 6.07) is 0. The molecule has 0 saturated carbocycles. The Bertz CT molecular complexity index is 186. The minimum Gasteiger partial charge on any atom is -0.103 e. The monoisotopic (exact) mass is 148 g/mol. The van der Waals surface area contributed by atoms with Crippen LogP contribution in [0.2, 0.25) is 0 Å². The summed E-state index contributed by atoms with van der Waals surface area (Å²) in [5.41, 5.74) is 1.45. The molecule has 11 heavy (non-hydrogen) atoms. The molecule has 0 aliphatic heterocycles. The fraction of sp³-hybridized carbons (Fsp3) is 0.455. The van der Waals surface area contributed by atoms with Crippen LogP contribution in [0.4, 0.5) is 0 Å². The van der Waals surface area contributed by atoms with Crippen LogP contribution in [0.1, 0.15) is 19.8 Å². The van der Waals surface area contributed by atoms with E-state index in [4.69, 9.17) is 0 Å². The highest BCUT2D eigenvalue weighted by molar-refractivity contribution is 5.17. The molecule has 1 rings (SSSR count). The lowest BCUT2D eigenvalue weighted by Gasteiger charge is -2.26. The Morgan fingerprint density at radius 2 is 2.18 bits per heavy atom. The molecule has 0 heteroatoms. The predicted molar refractivity (Wildman–Crippen MR) is 50.4 cm³/mol. The maximum Gasteiger partial charge on any atom is 0.00341 e. The second-order valence-electron chi connectivity index (χ2n) is 3.19. The fourth-order valence-electron chi connectivity index (χ4n) is 1.78. The average molecular weight is 148 g/mol. The molecule has 0 aromatic carbocycles. The Balaban J connectivity index is 2.78. The first-order chi connectivity index (χ1) is 5.29. The summed E-state index contributed by atoms with van der Waals surface area (Å²) in [4.78, 5) is 0. The van der Waals surface area contributed by atoms with Crippen molar-refractivity contribution < 1.29 is 0 Å². The molecule has 1 aliphatic rings. The summed E-state index contributed by atoms with van der Waals surface area (Å²) >= 11 is 0. The maximum absolute atomic E-state index is 3.84. The van der Waals surface area contributed by atoms with Gasteiger partial charge in [0.2, 0.25) is 0 Å². The maximum atomic E-state index is 3.84. The van der Waals surface area contributed by atoms with E-state index in [2.05, 4.69) is 32.2 Å². The van der Waals surface area contributed by atoms with Gasteiger partial charge in [0.25, 0.3) is 0 Å². The Labute approximate surface area is 69.3 Å². The third-order valence-corrected chi connectivity index (χ3v) is 2.51. The van der Waals surface area contributed by atoms with Crippen molar-refractivity contribution in [2.45, 2.75) is 19.8 Å². The molecule has 1 aliphatic carbocycles. The van der Waals surface area contributed by atoms with Gasteiger partial charge in [0.15, 0.2) is 0 Å². The van der Waals surface area contributed by atoms with Crippen LogP contribution in [0.25, 0.3) is 0 Å². The molecule has 0 fully saturated rings. The largest absolute Gasteiger partial charge is 0.103 e. The quantitative estimate of drug-likeness (QED) is 0.527. The third-order valence-electron chi connectivity index (χ3n) is 2.51. The molecule has 2 unspecified atom stereocenters. The number of hydrogen-bond donors (Lipinski definition) is 0. The number of rotatable bonds is 2. The molecule has 0 N–H and O–H groups in total. The summed E-state index contributed by atoms with van der Waals surface area (Å²) < 4.78 is 0. The van der Waals surface area contributed by atoms with Gasteiger partial charge in [-0.2, -0.15) is 0 Å². The van der Waals surface area contributed by atoms with E-state index in [-0.39, 0.29) is 0 Å². The zero-order valence-electron chi connectivity index (χ0n) is 7.22. The summed E-state index contributed by atoms with van der Waals surface area (Å²) in [5, 5.41) is 0. The molecule has 0 bridgehead atoms. The van der Waals surface area contributed by atoms with Crippen molar-refractivity contribution >= 4 is 0 Å². The average Bonchev–Trinajstić information content (AvgIpc) is 2.04.